The average Bonchev–Trinajstić information content (AvgIpc) is 2.77. The first-order chi connectivity index (χ1) is 14.6. The van der Waals surface area contributed by atoms with Gasteiger partial charge >= 0.3 is 5.97 Å². The highest BCUT2D eigenvalue weighted by Crippen LogP contribution is 2.24. The van der Waals surface area contributed by atoms with Gasteiger partial charge in [0.2, 0.25) is 0 Å². The predicted octanol–water partition coefficient (Wildman–Crippen LogP) is 4.88. The van der Waals surface area contributed by atoms with Gasteiger partial charge in [0.15, 0.2) is 12.4 Å². The van der Waals surface area contributed by atoms with E-state index in [0.717, 1.165) is 27.2 Å². The van der Waals surface area contributed by atoms with Gasteiger partial charge in [-0.15, -0.1) is 0 Å². The third-order valence-electron chi connectivity index (χ3n) is 5.12. The molecule has 0 aliphatic carbocycles. The molecule has 0 N–H and O–H groups in total. The van der Waals surface area contributed by atoms with E-state index in [1.807, 2.05) is 67.6 Å². The summed E-state index contributed by atoms with van der Waals surface area (Å²) in [6.07, 6.45) is 0. The van der Waals surface area contributed by atoms with Crippen LogP contribution >= 0.6 is 0 Å². The number of carbonyl (C=O) groups excluding carboxylic acids is 2. The fraction of sp³-hybridized carbons (Fsp3) is 0.160. The first kappa shape index (κ1) is 19.7. The van der Waals surface area contributed by atoms with Crippen LogP contribution in [0.1, 0.15) is 32.0 Å². The van der Waals surface area contributed by atoms with Crippen LogP contribution in [-0.2, 0) is 16.1 Å². The number of Topliss-reactive ketones (excluding diaryl/α,β-unsaturated/α-hetero) is 1. The standard InChI is InChI=1S/C25H21NO4/c1-16-20-9-5-6-10-21(20)26-22(14-29-2)24(16)25(28)30-15-23(27)19-12-11-17-7-3-4-8-18(17)13-19/h3-13H,14-15H2,1-2H3. The highest BCUT2D eigenvalue weighted by Gasteiger charge is 2.21. The molecule has 150 valence electrons. The van der Waals surface area contributed by atoms with Crippen molar-refractivity contribution in [3.05, 3.63) is 89.1 Å². The number of aromatic nitrogens is 1. The number of aryl methyl sites for hydroxylation is 1. The first-order valence-electron chi connectivity index (χ1n) is 9.65. The maximum absolute atomic E-state index is 12.9. The van der Waals surface area contributed by atoms with E-state index in [0.29, 0.717) is 16.8 Å². The molecule has 0 aliphatic heterocycles. The normalized spacial score (nSPS) is 11.0. The molecule has 5 heteroatoms. The second kappa shape index (κ2) is 8.43. The molecule has 4 rings (SSSR count). The van der Waals surface area contributed by atoms with Gasteiger partial charge in [-0.25, -0.2) is 9.78 Å². The number of esters is 1. The number of nitrogens with zero attached hydrogens (tertiary/aromatic N) is 1. The third-order valence-corrected chi connectivity index (χ3v) is 5.12. The molecule has 0 bridgehead atoms. The Kier molecular flexibility index (Phi) is 5.55. The van der Waals surface area contributed by atoms with Gasteiger partial charge in [0, 0.05) is 18.1 Å². The number of hydrogen-bond donors (Lipinski definition) is 0. The zero-order valence-corrected chi connectivity index (χ0v) is 16.8. The Labute approximate surface area is 174 Å². The van der Waals surface area contributed by atoms with Crippen LogP contribution in [0.3, 0.4) is 0 Å². The van der Waals surface area contributed by atoms with E-state index < -0.39 is 5.97 Å². The number of ketones is 1. The molecule has 0 saturated heterocycles. The van der Waals surface area contributed by atoms with Gasteiger partial charge < -0.3 is 9.47 Å². The summed E-state index contributed by atoms with van der Waals surface area (Å²) in [5.74, 6) is -0.833. The lowest BCUT2D eigenvalue weighted by Crippen LogP contribution is -2.18. The molecule has 0 spiro atoms. The number of hydrogen-bond acceptors (Lipinski definition) is 5. The van der Waals surface area contributed by atoms with Crippen molar-refractivity contribution in [1.29, 1.82) is 0 Å². The quantitative estimate of drug-likeness (QED) is 0.341. The lowest BCUT2D eigenvalue weighted by Gasteiger charge is -2.13. The van der Waals surface area contributed by atoms with Crippen LogP contribution in [0.2, 0.25) is 0 Å². The molecule has 0 radical (unpaired) electrons. The molecular weight excluding hydrogens is 378 g/mol. The van der Waals surface area contributed by atoms with Crippen molar-refractivity contribution in [2.24, 2.45) is 0 Å². The second-order valence-corrected chi connectivity index (χ2v) is 7.07. The zero-order chi connectivity index (χ0) is 21.1. The minimum absolute atomic E-state index is 0.175. The fourth-order valence-corrected chi connectivity index (χ4v) is 3.60. The van der Waals surface area contributed by atoms with Crippen molar-refractivity contribution in [2.45, 2.75) is 13.5 Å². The SMILES string of the molecule is COCc1nc2ccccc2c(C)c1C(=O)OCC(=O)c1ccc2ccccc2c1. The average molecular weight is 399 g/mol. The Balaban J connectivity index is 1.58. The molecule has 1 heterocycles. The van der Waals surface area contributed by atoms with Crippen molar-refractivity contribution in [2.75, 3.05) is 13.7 Å². The lowest BCUT2D eigenvalue weighted by atomic mass is 10.0. The smallest absolute Gasteiger partial charge is 0.340 e. The number of fused-ring (bicyclic) bond motifs is 2. The topological polar surface area (TPSA) is 65.5 Å². The molecule has 30 heavy (non-hydrogen) atoms. The van der Waals surface area contributed by atoms with Crippen LogP contribution in [0, 0.1) is 6.92 Å². The highest BCUT2D eigenvalue weighted by molar-refractivity contribution is 6.03. The van der Waals surface area contributed by atoms with Gasteiger partial charge in [0.1, 0.15) is 0 Å². The summed E-state index contributed by atoms with van der Waals surface area (Å²) in [4.78, 5) is 30.1. The molecule has 0 atom stereocenters. The van der Waals surface area contributed by atoms with E-state index >= 15 is 0 Å². The zero-order valence-electron chi connectivity index (χ0n) is 16.8. The van der Waals surface area contributed by atoms with Crippen LogP contribution in [0.15, 0.2) is 66.7 Å². The Morgan fingerprint density at radius 2 is 1.67 bits per heavy atom. The molecular formula is C25H21NO4. The van der Waals surface area contributed by atoms with Crippen LogP contribution in [0.25, 0.3) is 21.7 Å². The van der Waals surface area contributed by atoms with E-state index in [4.69, 9.17) is 9.47 Å². The lowest BCUT2D eigenvalue weighted by molar-refractivity contribution is 0.0469. The van der Waals surface area contributed by atoms with E-state index in [2.05, 4.69) is 4.98 Å². The van der Waals surface area contributed by atoms with E-state index in [-0.39, 0.29) is 19.0 Å². The predicted molar refractivity (Wildman–Crippen MR) is 116 cm³/mol. The van der Waals surface area contributed by atoms with Gasteiger partial charge in [-0.1, -0.05) is 54.6 Å². The third kappa shape index (κ3) is 3.80. The minimum atomic E-state index is -0.577. The van der Waals surface area contributed by atoms with Gasteiger partial charge in [-0.2, -0.15) is 0 Å². The number of para-hydroxylation sites is 1. The molecule has 0 aliphatic rings. The van der Waals surface area contributed by atoms with Crippen LogP contribution in [0.4, 0.5) is 0 Å². The van der Waals surface area contributed by atoms with E-state index in [1.165, 1.54) is 0 Å². The number of benzene rings is 3. The van der Waals surface area contributed by atoms with Crippen molar-refractivity contribution >= 4 is 33.4 Å². The summed E-state index contributed by atoms with van der Waals surface area (Å²) >= 11 is 0. The Morgan fingerprint density at radius 1 is 0.933 bits per heavy atom. The summed E-state index contributed by atoms with van der Waals surface area (Å²) in [6.45, 7) is 1.69. The summed E-state index contributed by atoms with van der Waals surface area (Å²) in [5, 5.41) is 2.88. The van der Waals surface area contributed by atoms with Gasteiger partial charge in [0.25, 0.3) is 0 Å². The van der Waals surface area contributed by atoms with Gasteiger partial charge in [-0.05, 0) is 35.4 Å². The summed E-state index contributed by atoms with van der Waals surface area (Å²) in [5.41, 5.74) is 2.90. The molecule has 0 fully saturated rings. The van der Waals surface area contributed by atoms with Crippen molar-refractivity contribution in [1.82, 2.24) is 4.98 Å². The van der Waals surface area contributed by atoms with Gasteiger partial charge in [0.05, 0.1) is 23.4 Å². The maximum Gasteiger partial charge on any atom is 0.340 e. The largest absolute Gasteiger partial charge is 0.454 e. The molecule has 0 amide bonds. The summed E-state index contributed by atoms with van der Waals surface area (Å²) < 4.78 is 10.6. The molecule has 5 nitrogen and oxygen atoms in total. The van der Waals surface area contributed by atoms with Crippen molar-refractivity contribution in [3.63, 3.8) is 0 Å². The van der Waals surface area contributed by atoms with Crippen LogP contribution in [-0.4, -0.2) is 30.5 Å². The Morgan fingerprint density at radius 3 is 2.47 bits per heavy atom. The van der Waals surface area contributed by atoms with Gasteiger partial charge in [-0.3, -0.25) is 4.79 Å². The molecule has 4 aromatic rings. The van der Waals surface area contributed by atoms with Crippen LogP contribution in [0.5, 0.6) is 0 Å². The second-order valence-electron chi connectivity index (χ2n) is 7.07. The number of rotatable bonds is 6. The van der Waals surface area contributed by atoms with Crippen LogP contribution < -0.4 is 0 Å². The van der Waals surface area contributed by atoms with E-state index in [9.17, 15) is 9.59 Å². The monoisotopic (exact) mass is 399 g/mol. The number of ether oxygens (including phenoxy) is 2. The van der Waals surface area contributed by atoms with Crippen molar-refractivity contribution < 1.29 is 19.1 Å². The van der Waals surface area contributed by atoms with E-state index in [1.54, 1.807) is 13.2 Å². The number of carbonyl (C=O) groups is 2. The summed E-state index contributed by atoms with van der Waals surface area (Å²) in [7, 11) is 1.55. The summed E-state index contributed by atoms with van der Waals surface area (Å²) in [6, 6.07) is 20.8. The molecule has 1 aromatic heterocycles. The first-order valence-corrected chi connectivity index (χ1v) is 9.65. The fourth-order valence-electron chi connectivity index (χ4n) is 3.60. The Bertz CT molecular complexity index is 1260. The highest BCUT2D eigenvalue weighted by atomic mass is 16.5. The minimum Gasteiger partial charge on any atom is -0.454 e. The Hall–Kier alpha value is -3.57. The maximum atomic E-state index is 12.9. The number of methoxy groups -OCH3 is 1. The van der Waals surface area contributed by atoms with Crippen molar-refractivity contribution in [3.8, 4) is 0 Å². The molecule has 0 unspecified atom stereocenters. The molecule has 0 saturated carbocycles. The molecule has 3 aromatic carbocycles. The number of pyridine rings is 1.